The summed E-state index contributed by atoms with van der Waals surface area (Å²) < 4.78 is 4.82. The highest BCUT2D eigenvalue weighted by molar-refractivity contribution is 6.30. The van der Waals surface area contributed by atoms with Crippen LogP contribution in [-0.2, 0) is 9.53 Å². The van der Waals surface area contributed by atoms with Crippen LogP contribution in [0, 0.1) is 0 Å². The minimum Gasteiger partial charge on any atom is -0.463 e. The van der Waals surface area contributed by atoms with Crippen molar-refractivity contribution in [2.24, 2.45) is 0 Å². The molecule has 1 aromatic carbocycles. The molecule has 28 heavy (non-hydrogen) atoms. The van der Waals surface area contributed by atoms with Crippen LogP contribution in [0.15, 0.2) is 42.7 Å². The maximum absolute atomic E-state index is 12.6. The number of anilines is 1. The number of halogens is 1. The number of rotatable bonds is 6. The number of hydrogen-bond acceptors (Lipinski definition) is 6. The van der Waals surface area contributed by atoms with E-state index in [1.54, 1.807) is 49.7 Å². The van der Waals surface area contributed by atoms with Crippen molar-refractivity contribution in [1.29, 1.82) is 0 Å². The van der Waals surface area contributed by atoms with Gasteiger partial charge in [-0.3, -0.25) is 9.78 Å². The van der Waals surface area contributed by atoms with E-state index in [1.807, 2.05) is 4.90 Å². The van der Waals surface area contributed by atoms with Crippen molar-refractivity contribution in [3.63, 3.8) is 0 Å². The minimum atomic E-state index is -0.414. The Morgan fingerprint density at radius 1 is 1.29 bits per heavy atom. The summed E-state index contributed by atoms with van der Waals surface area (Å²) in [6.45, 7) is 3.34. The second-order valence-electron chi connectivity index (χ2n) is 6.30. The Kier molecular flexibility index (Phi) is 6.60. The van der Waals surface area contributed by atoms with Crippen LogP contribution >= 0.6 is 11.6 Å². The number of nitrogens with one attached hydrogen (secondary N) is 1. The average molecular weight is 401 g/mol. The molecule has 1 aliphatic heterocycles. The molecular formula is C20H21ClN4O3. The van der Waals surface area contributed by atoms with Gasteiger partial charge in [-0.25, -0.2) is 9.78 Å². The van der Waals surface area contributed by atoms with Gasteiger partial charge in [-0.1, -0.05) is 11.6 Å². The lowest BCUT2D eigenvalue weighted by atomic mass is 10.2. The Morgan fingerprint density at radius 2 is 2.07 bits per heavy atom. The van der Waals surface area contributed by atoms with Gasteiger partial charge < -0.3 is 15.0 Å². The Labute approximate surface area is 168 Å². The van der Waals surface area contributed by atoms with Crippen molar-refractivity contribution in [3.8, 4) is 0 Å². The van der Waals surface area contributed by atoms with Gasteiger partial charge in [0.1, 0.15) is 5.82 Å². The Bertz CT molecular complexity index is 853. The van der Waals surface area contributed by atoms with Gasteiger partial charge >= 0.3 is 5.97 Å². The molecule has 0 bridgehead atoms. The Hall–Kier alpha value is -2.93. The molecule has 146 valence electrons. The molecule has 1 amide bonds. The number of benzene rings is 1. The summed E-state index contributed by atoms with van der Waals surface area (Å²) in [4.78, 5) is 34.2. The van der Waals surface area contributed by atoms with E-state index in [9.17, 15) is 9.59 Å². The first-order chi connectivity index (χ1) is 13.5. The molecular weight excluding hydrogens is 380 g/mol. The van der Waals surface area contributed by atoms with Crippen LogP contribution < -0.4 is 5.32 Å². The highest BCUT2D eigenvalue weighted by Crippen LogP contribution is 2.18. The number of hydrogen-bond donors (Lipinski definition) is 1. The maximum Gasteiger partial charge on any atom is 0.330 e. The lowest BCUT2D eigenvalue weighted by Gasteiger charge is -2.17. The number of carbonyl (C=O) groups is 2. The molecule has 2 aromatic rings. The van der Waals surface area contributed by atoms with Crippen molar-refractivity contribution in [1.82, 2.24) is 14.9 Å². The highest BCUT2D eigenvalue weighted by Gasteiger charge is 2.27. The van der Waals surface area contributed by atoms with Crippen molar-refractivity contribution < 1.29 is 14.3 Å². The molecule has 1 fully saturated rings. The van der Waals surface area contributed by atoms with Gasteiger partial charge in [0, 0.05) is 35.8 Å². The third-order valence-corrected chi connectivity index (χ3v) is 4.52. The first-order valence-corrected chi connectivity index (χ1v) is 9.41. The molecule has 0 unspecified atom stereocenters. The zero-order valence-electron chi connectivity index (χ0n) is 15.5. The third-order valence-electron chi connectivity index (χ3n) is 4.27. The van der Waals surface area contributed by atoms with E-state index in [0.29, 0.717) is 41.8 Å². The SMILES string of the molecule is CCOC(=O)/C=C/c1cnc(N[C@@H]2CCN(C(=O)c3ccc(Cl)cc3)C2)cn1. The van der Waals surface area contributed by atoms with E-state index in [-0.39, 0.29) is 11.9 Å². The lowest BCUT2D eigenvalue weighted by molar-refractivity contribution is -0.137. The summed E-state index contributed by atoms with van der Waals surface area (Å²) in [6, 6.07) is 7.01. The smallest absolute Gasteiger partial charge is 0.330 e. The molecule has 1 N–H and O–H groups in total. The predicted molar refractivity (Wildman–Crippen MR) is 107 cm³/mol. The number of carbonyl (C=O) groups excluding carboxylic acids is 2. The second-order valence-corrected chi connectivity index (χ2v) is 6.74. The van der Waals surface area contributed by atoms with Gasteiger partial charge in [0.05, 0.1) is 24.7 Å². The van der Waals surface area contributed by atoms with E-state index in [0.717, 1.165) is 6.42 Å². The third kappa shape index (κ3) is 5.29. The van der Waals surface area contributed by atoms with E-state index >= 15 is 0 Å². The minimum absolute atomic E-state index is 0.00787. The molecule has 0 spiro atoms. The van der Waals surface area contributed by atoms with Gasteiger partial charge in [0.2, 0.25) is 0 Å². The van der Waals surface area contributed by atoms with E-state index in [4.69, 9.17) is 16.3 Å². The van der Waals surface area contributed by atoms with Crippen molar-refractivity contribution >= 4 is 35.4 Å². The molecule has 1 aliphatic rings. The van der Waals surface area contributed by atoms with Gasteiger partial charge in [-0.05, 0) is 43.7 Å². The number of amides is 1. The van der Waals surface area contributed by atoms with Crippen LogP contribution in [0.3, 0.4) is 0 Å². The standard InChI is InChI=1S/C20H21ClN4O3/c1-2-28-19(26)8-7-16-11-23-18(12-22-16)24-17-9-10-25(13-17)20(27)14-3-5-15(21)6-4-14/h3-8,11-12,17H,2,9-10,13H2,1H3,(H,23,24)/b8-7+/t17-/m1/s1. The maximum atomic E-state index is 12.6. The van der Waals surface area contributed by atoms with Gasteiger partial charge in [-0.15, -0.1) is 0 Å². The second kappa shape index (κ2) is 9.32. The van der Waals surface area contributed by atoms with Crippen LogP contribution in [0.5, 0.6) is 0 Å². The zero-order valence-corrected chi connectivity index (χ0v) is 16.2. The number of nitrogens with zero attached hydrogens (tertiary/aromatic N) is 3. The molecule has 2 heterocycles. The van der Waals surface area contributed by atoms with Gasteiger partial charge in [0.15, 0.2) is 0 Å². The van der Waals surface area contributed by atoms with Crippen molar-refractivity contribution in [3.05, 3.63) is 59.0 Å². The van der Waals surface area contributed by atoms with Crippen molar-refractivity contribution in [2.45, 2.75) is 19.4 Å². The van der Waals surface area contributed by atoms with E-state index in [1.165, 1.54) is 6.08 Å². The quantitative estimate of drug-likeness (QED) is 0.592. The number of aromatic nitrogens is 2. The summed E-state index contributed by atoms with van der Waals surface area (Å²) in [5.41, 5.74) is 1.19. The summed E-state index contributed by atoms with van der Waals surface area (Å²) >= 11 is 5.87. The average Bonchev–Trinajstić information content (AvgIpc) is 3.16. The molecule has 3 rings (SSSR count). The zero-order chi connectivity index (χ0) is 19.9. The Balaban J connectivity index is 1.53. The van der Waals surface area contributed by atoms with Crippen LogP contribution in [-0.4, -0.2) is 52.5 Å². The van der Waals surface area contributed by atoms with Crippen molar-refractivity contribution in [2.75, 3.05) is 25.0 Å². The molecule has 8 heteroatoms. The fourth-order valence-electron chi connectivity index (χ4n) is 2.89. The lowest BCUT2D eigenvalue weighted by Crippen LogP contribution is -2.31. The molecule has 1 aromatic heterocycles. The molecule has 1 saturated heterocycles. The van der Waals surface area contributed by atoms with Crippen LogP contribution in [0.1, 0.15) is 29.4 Å². The molecule has 0 radical (unpaired) electrons. The van der Waals surface area contributed by atoms with Gasteiger partial charge in [-0.2, -0.15) is 0 Å². The number of esters is 1. The first-order valence-electron chi connectivity index (χ1n) is 9.03. The van der Waals surface area contributed by atoms with Crippen LogP contribution in [0.25, 0.3) is 6.08 Å². The molecule has 1 atom stereocenters. The molecule has 7 nitrogen and oxygen atoms in total. The summed E-state index contributed by atoms with van der Waals surface area (Å²) in [5, 5.41) is 3.90. The van der Waals surface area contributed by atoms with Gasteiger partial charge in [0.25, 0.3) is 5.91 Å². The Morgan fingerprint density at radius 3 is 2.75 bits per heavy atom. The van der Waals surface area contributed by atoms with E-state index in [2.05, 4.69) is 15.3 Å². The largest absolute Gasteiger partial charge is 0.463 e. The summed E-state index contributed by atoms with van der Waals surface area (Å²) in [6.07, 6.45) is 6.87. The highest BCUT2D eigenvalue weighted by atomic mass is 35.5. The number of likely N-dealkylation sites (tertiary alicyclic amines) is 1. The summed E-state index contributed by atoms with van der Waals surface area (Å²) in [5.74, 6) is 0.202. The first kappa shape index (κ1) is 19.8. The van der Waals surface area contributed by atoms with Crippen LogP contribution in [0.2, 0.25) is 5.02 Å². The fraction of sp³-hybridized carbons (Fsp3) is 0.300. The molecule has 0 saturated carbocycles. The molecule has 0 aliphatic carbocycles. The summed E-state index contributed by atoms with van der Waals surface area (Å²) in [7, 11) is 0. The van der Waals surface area contributed by atoms with Crippen LogP contribution in [0.4, 0.5) is 5.82 Å². The monoisotopic (exact) mass is 400 g/mol. The fourth-order valence-corrected chi connectivity index (χ4v) is 3.02. The number of ether oxygens (including phenoxy) is 1. The normalized spacial score (nSPS) is 16.4. The topological polar surface area (TPSA) is 84.4 Å². The predicted octanol–water partition coefficient (Wildman–Crippen LogP) is 3.03. The van der Waals surface area contributed by atoms with E-state index < -0.39 is 5.97 Å².